The average Bonchev–Trinajstić information content (AvgIpc) is 2.98. The second-order valence-electron chi connectivity index (χ2n) is 4.95. The Bertz CT molecular complexity index is 832. The van der Waals surface area contributed by atoms with Crippen molar-refractivity contribution in [1.82, 2.24) is 25.2 Å². The summed E-state index contributed by atoms with van der Waals surface area (Å²) >= 11 is 0. The number of nitrogens with zero attached hydrogens (tertiary/aromatic N) is 4. The number of hydrogen-bond acceptors (Lipinski definition) is 3. The lowest BCUT2D eigenvalue weighted by molar-refractivity contribution is 0.624. The highest BCUT2D eigenvalue weighted by atomic mass is 127. The van der Waals surface area contributed by atoms with E-state index in [0.717, 1.165) is 17.0 Å². The number of halogens is 2. The van der Waals surface area contributed by atoms with Crippen LogP contribution in [0.4, 0.5) is 4.39 Å². The lowest BCUT2D eigenvalue weighted by Crippen LogP contribution is -2.36. The molecule has 0 fully saturated rings. The van der Waals surface area contributed by atoms with Gasteiger partial charge in [-0.05, 0) is 29.8 Å². The first-order valence-corrected chi connectivity index (χ1v) is 7.24. The number of aromatic nitrogens is 3. The first kappa shape index (κ1) is 18.1. The minimum atomic E-state index is -0.248. The van der Waals surface area contributed by atoms with Crippen LogP contribution in [0.25, 0.3) is 5.65 Å². The number of nitrogens with one attached hydrogen (secondary N) is 2. The summed E-state index contributed by atoms with van der Waals surface area (Å²) in [5, 5.41) is 14.6. The number of guanidine groups is 1. The normalized spacial score (nSPS) is 11.2. The van der Waals surface area contributed by atoms with Crippen molar-refractivity contribution in [3.05, 3.63) is 65.9 Å². The first-order valence-electron chi connectivity index (χ1n) is 7.24. The Labute approximate surface area is 156 Å². The van der Waals surface area contributed by atoms with Gasteiger partial charge in [0.05, 0.1) is 6.54 Å². The van der Waals surface area contributed by atoms with Crippen LogP contribution in [0.2, 0.25) is 0 Å². The summed E-state index contributed by atoms with van der Waals surface area (Å²) in [6, 6.07) is 12.2. The van der Waals surface area contributed by atoms with Crippen LogP contribution in [0, 0.1) is 5.82 Å². The molecule has 126 valence electrons. The van der Waals surface area contributed by atoms with Crippen molar-refractivity contribution in [2.75, 3.05) is 7.05 Å². The third-order valence-corrected chi connectivity index (χ3v) is 3.37. The van der Waals surface area contributed by atoms with Crippen molar-refractivity contribution in [2.45, 2.75) is 13.1 Å². The smallest absolute Gasteiger partial charge is 0.191 e. The van der Waals surface area contributed by atoms with Crippen molar-refractivity contribution >= 4 is 35.6 Å². The molecule has 2 N–H and O–H groups in total. The molecule has 3 aromatic rings. The highest BCUT2D eigenvalue weighted by molar-refractivity contribution is 14.0. The van der Waals surface area contributed by atoms with Gasteiger partial charge in [0.15, 0.2) is 17.4 Å². The Balaban J connectivity index is 0.00000208. The molecule has 8 heteroatoms. The molecule has 0 bridgehead atoms. The van der Waals surface area contributed by atoms with E-state index in [4.69, 9.17) is 0 Å². The minimum Gasteiger partial charge on any atom is -0.352 e. The van der Waals surface area contributed by atoms with Crippen LogP contribution in [-0.2, 0) is 13.1 Å². The van der Waals surface area contributed by atoms with Crippen molar-refractivity contribution in [3.8, 4) is 0 Å². The lowest BCUT2D eigenvalue weighted by Gasteiger charge is -2.11. The lowest BCUT2D eigenvalue weighted by atomic mass is 10.2. The highest BCUT2D eigenvalue weighted by Crippen LogP contribution is 2.03. The number of hydrogen-bond donors (Lipinski definition) is 2. The van der Waals surface area contributed by atoms with E-state index in [0.29, 0.717) is 19.0 Å². The van der Waals surface area contributed by atoms with Crippen LogP contribution in [0.15, 0.2) is 53.7 Å². The minimum absolute atomic E-state index is 0. The standard InChI is InChI=1S/C16H17FN6.HI/c1-18-16(19-10-12-5-4-6-13(17)9-12)20-11-15-22-21-14-7-2-3-8-23(14)15;/h2-9H,10-11H2,1H3,(H2,18,19,20);1H. The summed E-state index contributed by atoms with van der Waals surface area (Å²) < 4.78 is 15.1. The largest absolute Gasteiger partial charge is 0.352 e. The predicted octanol–water partition coefficient (Wildman–Crippen LogP) is 2.35. The summed E-state index contributed by atoms with van der Waals surface area (Å²) in [6.45, 7) is 0.964. The van der Waals surface area contributed by atoms with Gasteiger partial charge in [-0.1, -0.05) is 18.2 Å². The molecule has 0 radical (unpaired) electrons. The van der Waals surface area contributed by atoms with Gasteiger partial charge in [0.1, 0.15) is 5.82 Å². The maximum absolute atomic E-state index is 13.2. The van der Waals surface area contributed by atoms with Crippen molar-refractivity contribution in [1.29, 1.82) is 0 Å². The van der Waals surface area contributed by atoms with E-state index in [1.165, 1.54) is 12.1 Å². The molecule has 0 unspecified atom stereocenters. The van der Waals surface area contributed by atoms with E-state index < -0.39 is 0 Å². The molecule has 0 amide bonds. The summed E-state index contributed by atoms with van der Waals surface area (Å²) in [7, 11) is 1.68. The average molecular weight is 440 g/mol. The Hall–Kier alpha value is -2.23. The van der Waals surface area contributed by atoms with E-state index in [-0.39, 0.29) is 29.8 Å². The van der Waals surface area contributed by atoms with Crippen molar-refractivity contribution in [3.63, 3.8) is 0 Å². The van der Waals surface area contributed by atoms with Crippen molar-refractivity contribution in [2.24, 2.45) is 4.99 Å². The monoisotopic (exact) mass is 440 g/mol. The molecule has 0 atom stereocenters. The van der Waals surface area contributed by atoms with Crippen LogP contribution in [-0.4, -0.2) is 27.6 Å². The van der Waals surface area contributed by atoms with Crippen LogP contribution in [0.5, 0.6) is 0 Å². The van der Waals surface area contributed by atoms with Crippen LogP contribution >= 0.6 is 24.0 Å². The molecule has 6 nitrogen and oxygen atoms in total. The SMILES string of the molecule is CN=C(NCc1cccc(F)c1)NCc1nnc2ccccn12.I. The third kappa shape index (κ3) is 4.40. The zero-order valence-electron chi connectivity index (χ0n) is 13.1. The second kappa shape index (κ2) is 8.57. The van der Waals surface area contributed by atoms with Gasteiger partial charge in [-0.15, -0.1) is 34.2 Å². The van der Waals surface area contributed by atoms with Gasteiger partial charge >= 0.3 is 0 Å². The van der Waals surface area contributed by atoms with Gasteiger partial charge in [-0.2, -0.15) is 0 Å². The Kier molecular flexibility index (Phi) is 6.47. The van der Waals surface area contributed by atoms with E-state index in [9.17, 15) is 4.39 Å². The van der Waals surface area contributed by atoms with Gasteiger partial charge in [0.25, 0.3) is 0 Å². The second-order valence-corrected chi connectivity index (χ2v) is 4.95. The van der Waals surface area contributed by atoms with E-state index in [1.807, 2.05) is 34.9 Å². The van der Waals surface area contributed by atoms with Gasteiger partial charge in [0.2, 0.25) is 0 Å². The molecule has 0 aliphatic carbocycles. The first-order chi connectivity index (χ1) is 11.3. The zero-order chi connectivity index (χ0) is 16.1. The van der Waals surface area contributed by atoms with Gasteiger partial charge in [-0.25, -0.2) is 4.39 Å². The predicted molar refractivity (Wildman–Crippen MR) is 102 cm³/mol. The van der Waals surface area contributed by atoms with Gasteiger partial charge < -0.3 is 10.6 Å². The molecule has 0 aliphatic heterocycles. The number of pyridine rings is 1. The molecular weight excluding hydrogens is 422 g/mol. The molecule has 1 aromatic carbocycles. The zero-order valence-corrected chi connectivity index (χ0v) is 15.4. The quantitative estimate of drug-likeness (QED) is 0.372. The fraction of sp³-hybridized carbons (Fsp3) is 0.188. The number of fused-ring (bicyclic) bond motifs is 1. The number of rotatable bonds is 4. The van der Waals surface area contributed by atoms with Crippen LogP contribution < -0.4 is 10.6 Å². The Morgan fingerprint density at radius 3 is 2.75 bits per heavy atom. The van der Waals surface area contributed by atoms with E-state index in [1.54, 1.807) is 13.1 Å². The molecule has 0 saturated heterocycles. The molecule has 3 rings (SSSR count). The van der Waals surface area contributed by atoms with E-state index >= 15 is 0 Å². The highest BCUT2D eigenvalue weighted by Gasteiger charge is 2.05. The third-order valence-electron chi connectivity index (χ3n) is 3.37. The fourth-order valence-electron chi connectivity index (χ4n) is 2.23. The van der Waals surface area contributed by atoms with Crippen LogP contribution in [0.3, 0.4) is 0 Å². The molecule has 0 aliphatic rings. The number of benzene rings is 1. The maximum atomic E-state index is 13.2. The summed E-state index contributed by atoms with van der Waals surface area (Å²) in [6.07, 6.45) is 1.91. The van der Waals surface area contributed by atoms with E-state index in [2.05, 4.69) is 25.8 Å². The molecule has 2 heterocycles. The van der Waals surface area contributed by atoms with Gasteiger partial charge in [0, 0.05) is 19.8 Å². The summed E-state index contributed by atoms with van der Waals surface area (Å²) in [5.41, 5.74) is 1.65. The van der Waals surface area contributed by atoms with Crippen LogP contribution in [0.1, 0.15) is 11.4 Å². The summed E-state index contributed by atoms with van der Waals surface area (Å²) in [5.74, 6) is 1.15. The topological polar surface area (TPSA) is 66.6 Å². The number of aliphatic imine (C=N–C) groups is 1. The fourth-order valence-corrected chi connectivity index (χ4v) is 2.23. The Morgan fingerprint density at radius 2 is 1.96 bits per heavy atom. The molecule has 24 heavy (non-hydrogen) atoms. The maximum Gasteiger partial charge on any atom is 0.191 e. The molecular formula is C16H18FIN6. The van der Waals surface area contributed by atoms with Crippen molar-refractivity contribution < 1.29 is 4.39 Å². The molecule has 2 aromatic heterocycles. The Morgan fingerprint density at radius 1 is 1.12 bits per heavy atom. The molecule has 0 saturated carbocycles. The summed E-state index contributed by atoms with van der Waals surface area (Å²) in [4.78, 5) is 4.15. The van der Waals surface area contributed by atoms with Gasteiger partial charge in [-0.3, -0.25) is 9.39 Å². The molecule has 0 spiro atoms.